The first-order valence-electron chi connectivity index (χ1n) is 14.3. The van der Waals surface area contributed by atoms with Crippen molar-refractivity contribution in [3.8, 4) is 11.5 Å². The maximum atomic E-state index is 12.5. The summed E-state index contributed by atoms with van der Waals surface area (Å²) in [5.41, 5.74) is 0.572. The van der Waals surface area contributed by atoms with Gasteiger partial charge in [-0.3, -0.25) is 9.59 Å². The van der Waals surface area contributed by atoms with Crippen molar-refractivity contribution in [3.63, 3.8) is 0 Å². The van der Waals surface area contributed by atoms with E-state index >= 15 is 0 Å². The van der Waals surface area contributed by atoms with Gasteiger partial charge in [-0.1, -0.05) is 53.5 Å². The van der Waals surface area contributed by atoms with Crippen LogP contribution in [0.3, 0.4) is 0 Å². The van der Waals surface area contributed by atoms with Crippen molar-refractivity contribution in [3.05, 3.63) is 23.8 Å². The van der Waals surface area contributed by atoms with E-state index in [2.05, 4.69) is 5.32 Å². The molecule has 4 atom stereocenters. The van der Waals surface area contributed by atoms with Gasteiger partial charge < -0.3 is 33.7 Å². The van der Waals surface area contributed by atoms with Gasteiger partial charge in [-0.05, 0) is 56.7 Å². The van der Waals surface area contributed by atoms with Gasteiger partial charge in [-0.15, -0.1) is 0 Å². The molecule has 0 aliphatic carbocycles. The SMILES string of the molecule is CCCC(C)OC(=O)Oc1ccc(C[C@H](NCCOC(=O)C(C)C(C)C)C(=O)OC)cc1OC(=O)OC(C)CCC. The van der Waals surface area contributed by atoms with Crippen molar-refractivity contribution in [2.45, 2.75) is 98.8 Å². The smallest absolute Gasteiger partial charge is 0.468 e. The van der Waals surface area contributed by atoms with E-state index in [1.165, 1.54) is 19.2 Å². The number of carbonyl (C=O) groups excluding carboxylic acids is 4. The standard InChI is InChI=1S/C30H47NO10/c1-9-11-20(5)38-29(34)40-25-14-13-23(18-26(25)41-30(35)39-21(6)12-10-2)17-24(28(33)36-8)31-15-16-37-27(32)22(7)19(3)4/h13-14,18-22,24,31H,9-12,15-17H2,1-8H3/t20?,21?,22?,24-/m0/s1. The second-order valence-electron chi connectivity index (χ2n) is 10.4. The van der Waals surface area contributed by atoms with Crippen LogP contribution in [0.5, 0.6) is 11.5 Å². The molecule has 11 heteroatoms. The lowest BCUT2D eigenvalue weighted by molar-refractivity contribution is -0.149. The van der Waals surface area contributed by atoms with Crippen LogP contribution in [0.25, 0.3) is 0 Å². The van der Waals surface area contributed by atoms with E-state index in [0.717, 1.165) is 12.8 Å². The number of nitrogens with one attached hydrogen (secondary N) is 1. The molecule has 1 rings (SSSR count). The monoisotopic (exact) mass is 581 g/mol. The Morgan fingerprint density at radius 1 is 0.805 bits per heavy atom. The molecule has 0 bridgehead atoms. The van der Waals surface area contributed by atoms with Crippen LogP contribution >= 0.6 is 0 Å². The van der Waals surface area contributed by atoms with Crippen molar-refractivity contribution < 1.29 is 47.6 Å². The van der Waals surface area contributed by atoms with Gasteiger partial charge in [0.2, 0.25) is 0 Å². The second-order valence-corrected chi connectivity index (χ2v) is 10.4. The average molecular weight is 582 g/mol. The fraction of sp³-hybridized carbons (Fsp3) is 0.667. The molecule has 1 aromatic carbocycles. The molecule has 0 aromatic heterocycles. The predicted molar refractivity (Wildman–Crippen MR) is 152 cm³/mol. The van der Waals surface area contributed by atoms with E-state index in [-0.39, 0.29) is 61.1 Å². The Bertz CT molecular complexity index is 980. The van der Waals surface area contributed by atoms with Crippen LogP contribution < -0.4 is 14.8 Å². The minimum atomic E-state index is -0.958. The third-order valence-electron chi connectivity index (χ3n) is 6.41. The Kier molecular flexibility index (Phi) is 16.5. The zero-order chi connectivity index (χ0) is 30.9. The van der Waals surface area contributed by atoms with Crippen molar-refractivity contribution in [2.24, 2.45) is 11.8 Å². The summed E-state index contributed by atoms with van der Waals surface area (Å²) >= 11 is 0. The number of hydrogen-bond acceptors (Lipinski definition) is 11. The lowest BCUT2D eigenvalue weighted by Crippen LogP contribution is -2.41. The highest BCUT2D eigenvalue weighted by molar-refractivity contribution is 5.76. The molecule has 0 saturated heterocycles. The molecule has 232 valence electrons. The van der Waals surface area contributed by atoms with Gasteiger partial charge in [0.15, 0.2) is 11.5 Å². The van der Waals surface area contributed by atoms with Crippen molar-refractivity contribution in [2.75, 3.05) is 20.3 Å². The average Bonchev–Trinajstić information content (AvgIpc) is 2.90. The molecule has 0 spiro atoms. The lowest BCUT2D eigenvalue weighted by Gasteiger charge is -2.19. The summed E-state index contributed by atoms with van der Waals surface area (Å²) in [4.78, 5) is 49.4. The minimum Gasteiger partial charge on any atom is -0.468 e. The fourth-order valence-corrected chi connectivity index (χ4v) is 3.74. The molecular weight excluding hydrogens is 534 g/mol. The Morgan fingerprint density at radius 3 is 1.88 bits per heavy atom. The van der Waals surface area contributed by atoms with Crippen molar-refractivity contribution >= 4 is 24.2 Å². The zero-order valence-corrected chi connectivity index (χ0v) is 25.7. The van der Waals surface area contributed by atoms with Crippen molar-refractivity contribution in [1.82, 2.24) is 5.32 Å². The Morgan fingerprint density at radius 2 is 1.37 bits per heavy atom. The number of ether oxygens (including phenoxy) is 6. The molecule has 1 aromatic rings. The van der Waals surface area contributed by atoms with Crippen LogP contribution in [0.15, 0.2) is 18.2 Å². The van der Waals surface area contributed by atoms with Gasteiger partial charge in [-0.2, -0.15) is 0 Å². The molecule has 0 radical (unpaired) electrons. The summed E-state index contributed by atoms with van der Waals surface area (Å²) in [6.45, 7) is 13.4. The van der Waals surface area contributed by atoms with E-state index in [1.807, 2.05) is 27.7 Å². The second kappa shape index (κ2) is 18.9. The summed E-state index contributed by atoms with van der Waals surface area (Å²) in [6, 6.07) is 3.75. The van der Waals surface area contributed by atoms with Gasteiger partial charge in [0.1, 0.15) is 24.9 Å². The zero-order valence-electron chi connectivity index (χ0n) is 25.7. The third-order valence-corrected chi connectivity index (χ3v) is 6.41. The van der Waals surface area contributed by atoms with Crippen LogP contribution in [0.2, 0.25) is 0 Å². The van der Waals surface area contributed by atoms with Crippen LogP contribution in [0.4, 0.5) is 9.59 Å². The summed E-state index contributed by atoms with van der Waals surface area (Å²) in [7, 11) is 1.27. The van der Waals surface area contributed by atoms with Crippen LogP contribution in [0, 0.1) is 11.8 Å². The molecule has 0 amide bonds. The van der Waals surface area contributed by atoms with Crippen LogP contribution in [-0.2, 0) is 35.0 Å². The van der Waals surface area contributed by atoms with Gasteiger partial charge in [0, 0.05) is 6.54 Å². The lowest BCUT2D eigenvalue weighted by atomic mass is 9.99. The first-order chi connectivity index (χ1) is 19.4. The summed E-state index contributed by atoms with van der Waals surface area (Å²) in [5.74, 6) is -1.05. The highest BCUT2D eigenvalue weighted by Crippen LogP contribution is 2.30. The number of esters is 2. The number of hydrogen-bond donors (Lipinski definition) is 1. The molecule has 0 heterocycles. The molecule has 1 N–H and O–H groups in total. The van der Waals surface area contributed by atoms with Crippen LogP contribution in [0.1, 0.15) is 79.7 Å². The molecular formula is C30H47NO10. The Balaban J connectivity index is 3.05. The summed E-state index contributed by atoms with van der Waals surface area (Å²) < 4.78 is 31.5. The highest BCUT2D eigenvalue weighted by atomic mass is 16.7. The highest BCUT2D eigenvalue weighted by Gasteiger charge is 2.24. The van der Waals surface area contributed by atoms with Crippen molar-refractivity contribution in [1.29, 1.82) is 0 Å². The molecule has 0 fully saturated rings. The maximum absolute atomic E-state index is 12.5. The topological polar surface area (TPSA) is 136 Å². The normalized spacial score (nSPS) is 13.9. The van der Waals surface area contributed by atoms with Gasteiger partial charge in [0.05, 0.1) is 13.0 Å². The van der Waals surface area contributed by atoms with E-state index < -0.39 is 24.3 Å². The van der Waals surface area contributed by atoms with Crippen LogP contribution in [-0.4, -0.2) is 62.8 Å². The predicted octanol–water partition coefficient (Wildman–Crippen LogP) is 5.60. The molecule has 41 heavy (non-hydrogen) atoms. The summed E-state index contributed by atoms with van der Waals surface area (Å²) in [5, 5.41) is 3.03. The number of carbonyl (C=O) groups is 4. The Labute approximate surface area is 243 Å². The molecule has 0 saturated carbocycles. The van der Waals surface area contributed by atoms with E-state index in [4.69, 9.17) is 28.4 Å². The summed E-state index contributed by atoms with van der Waals surface area (Å²) in [6.07, 6.45) is 0.481. The first kappa shape index (κ1) is 35.7. The quantitative estimate of drug-likeness (QED) is 0.106. The van der Waals surface area contributed by atoms with Gasteiger partial charge in [0.25, 0.3) is 0 Å². The fourth-order valence-electron chi connectivity index (χ4n) is 3.74. The van der Waals surface area contributed by atoms with E-state index in [9.17, 15) is 19.2 Å². The maximum Gasteiger partial charge on any atom is 0.514 e. The third kappa shape index (κ3) is 13.7. The van der Waals surface area contributed by atoms with Gasteiger partial charge in [-0.25, -0.2) is 9.59 Å². The molecule has 3 unspecified atom stereocenters. The number of methoxy groups -OCH3 is 1. The molecule has 11 nitrogen and oxygen atoms in total. The number of rotatable bonds is 17. The first-order valence-corrected chi connectivity index (χ1v) is 14.3. The van der Waals surface area contributed by atoms with E-state index in [0.29, 0.717) is 18.4 Å². The van der Waals surface area contributed by atoms with E-state index in [1.54, 1.807) is 26.8 Å². The Hall–Kier alpha value is -3.34. The largest absolute Gasteiger partial charge is 0.514 e. The molecule has 0 aliphatic rings. The number of benzene rings is 1. The van der Waals surface area contributed by atoms with Gasteiger partial charge >= 0.3 is 24.2 Å². The minimum absolute atomic E-state index is 0.0451. The molecule has 0 aliphatic heterocycles.